The van der Waals surface area contributed by atoms with Crippen LogP contribution < -0.4 is 11.1 Å². The minimum atomic E-state index is -4.73. The summed E-state index contributed by atoms with van der Waals surface area (Å²) in [6.07, 6.45) is -11.8. The third kappa shape index (κ3) is 8.80. The lowest BCUT2D eigenvalue weighted by atomic mass is 10.0. The molecule has 1 aliphatic heterocycles. The number of aromatic nitrogens is 4. The van der Waals surface area contributed by atoms with E-state index in [0.29, 0.717) is 16.4 Å². The molecule has 0 saturated heterocycles. The smallest absolute Gasteiger partial charge is 0.411 e. The summed E-state index contributed by atoms with van der Waals surface area (Å²) in [5.41, 5.74) is 4.34. The number of carbonyl (C=O) groups excluding carboxylic acids is 2. The van der Waals surface area contributed by atoms with Crippen LogP contribution in [0, 0.1) is 5.41 Å². The van der Waals surface area contributed by atoms with Crippen LogP contribution in [0.5, 0.6) is 0 Å². The molecule has 2 atom stereocenters. The maximum absolute atomic E-state index is 13.9. The topological polar surface area (TPSA) is 141 Å². The molecule has 2 aliphatic rings. The first-order chi connectivity index (χ1) is 24.7. The molecule has 0 spiro atoms. The lowest BCUT2D eigenvalue weighted by molar-refractivity contribution is -0.164. The maximum Gasteiger partial charge on any atom is 0.411 e. The SMILES string of the molecule is CC(C)(C)C.NC1=NC(c2ccc3nc(C(F)F)ccc3c2)C(=O)N1C(COC(=O)NC1(C(F)(F)F)CC1)c1ccc(Cl)c(-n2ncnc2C(F)F)c1. The van der Waals surface area contributed by atoms with Gasteiger partial charge in [-0.3, -0.25) is 9.69 Å². The zero-order valence-electron chi connectivity index (χ0n) is 28.6. The van der Waals surface area contributed by atoms with Gasteiger partial charge in [0.2, 0.25) is 0 Å². The third-order valence-corrected chi connectivity index (χ3v) is 8.24. The first-order valence-electron chi connectivity index (χ1n) is 16.0. The van der Waals surface area contributed by atoms with Crippen molar-refractivity contribution >= 4 is 40.5 Å². The molecule has 4 aromatic rings. The minimum absolute atomic E-state index is 0.0588. The van der Waals surface area contributed by atoms with Crippen LogP contribution in [0.3, 0.4) is 0 Å². The molecule has 53 heavy (non-hydrogen) atoms. The molecule has 2 amide bonds. The van der Waals surface area contributed by atoms with E-state index >= 15 is 0 Å². The average Bonchev–Trinajstić information content (AvgIpc) is 3.58. The molecule has 19 heteroatoms. The van der Waals surface area contributed by atoms with Gasteiger partial charge < -0.3 is 15.8 Å². The summed E-state index contributed by atoms with van der Waals surface area (Å²) in [5, 5.41) is 5.97. The summed E-state index contributed by atoms with van der Waals surface area (Å²) < 4.78 is 99.9. The second kappa shape index (κ2) is 14.8. The Morgan fingerprint density at radius 3 is 2.32 bits per heavy atom. The van der Waals surface area contributed by atoms with Gasteiger partial charge in [0.15, 0.2) is 17.8 Å². The largest absolute Gasteiger partial charge is 0.447 e. The normalized spacial score (nSPS) is 17.5. The van der Waals surface area contributed by atoms with Crippen molar-refractivity contribution in [2.24, 2.45) is 16.1 Å². The summed E-state index contributed by atoms with van der Waals surface area (Å²) in [6, 6.07) is 8.17. The molecule has 0 radical (unpaired) electrons. The number of halogens is 8. The Labute approximate surface area is 303 Å². The summed E-state index contributed by atoms with van der Waals surface area (Å²) in [4.78, 5) is 39.1. The van der Waals surface area contributed by atoms with Gasteiger partial charge in [-0.15, -0.1) is 0 Å². The lowest BCUT2D eigenvalue weighted by Gasteiger charge is -2.29. The van der Waals surface area contributed by atoms with E-state index in [1.165, 1.54) is 42.5 Å². The number of carbonyl (C=O) groups is 2. The molecule has 3 heterocycles. The highest BCUT2D eigenvalue weighted by molar-refractivity contribution is 6.32. The quantitative estimate of drug-likeness (QED) is 0.164. The van der Waals surface area contributed by atoms with Crippen LogP contribution in [0.25, 0.3) is 16.6 Å². The summed E-state index contributed by atoms with van der Waals surface area (Å²) in [7, 11) is 0. The van der Waals surface area contributed by atoms with E-state index in [9.17, 15) is 40.3 Å². The number of nitrogens with zero attached hydrogens (tertiary/aromatic N) is 6. The number of ether oxygens (including phenoxy) is 1. The number of pyridine rings is 1. The van der Waals surface area contributed by atoms with E-state index in [2.05, 4.69) is 47.8 Å². The molecule has 2 unspecified atom stereocenters. The molecule has 1 aliphatic carbocycles. The predicted octanol–water partition coefficient (Wildman–Crippen LogP) is 8.16. The standard InChI is InChI=1S/C29H22ClF7N8O3.C5H12/c30-16-4-1-14(10-19(16)45-24(23(33)34)39-12-40-45)20(11-48-27(47)43-28(7-8-28)29(35,36)37)44-25(46)21(42-26(44)38)15-3-5-17-13(9-15)2-6-18(41-17)22(31)32;1-5(2,3)4/h1-6,9-10,12,20-23H,7-8,11H2,(H2,38,42)(H,43,47);1-4H3. The van der Waals surface area contributed by atoms with Crippen LogP contribution in [0.1, 0.15) is 88.1 Å². The van der Waals surface area contributed by atoms with Gasteiger partial charge in [0, 0.05) is 5.39 Å². The fourth-order valence-electron chi connectivity index (χ4n) is 5.27. The van der Waals surface area contributed by atoms with Gasteiger partial charge in [-0.1, -0.05) is 57.5 Å². The first-order valence-corrected chi connectivity index (χ1v) is 16.4. The van der Waals surface area contributed by atoms with Gasteiger partial charge in [-0.25, -0.2) is 42.0 Å². The number of guanidine groups is 1. The molecule has 1 saturated carbocycles. The van der Waals surface area contributed by atoms with E-state index in [4.69, 9.17) is 22.1 Å². The molecular formula is C34H34ClF7N8O3. The first kappa shape index (κ1) is 39.2. The molecule has 6 rings (SSSR count). The zero-order chi connectivity index (χ0) is 39.0. The monoisotopic (exact) mass is 770 g/mol. The van der Waals surface area contributed by atoms with Crippen LogP contribution in [0.2, 0.25) is 5.02 Å². The highest BCUT2D eigenvalue weighted by Gasteiger charge is 2.64. The lowest BCUT2D eigenvalue weighted by Crippen LogP contribution is -2.49. The molecule has 3 N–H and O–H groups in total. The van der Waals surface area contributed by atoms with Crippen molar-refractivity contribution < 1.29 is 45.1 Å². The molecule has 1 fully saturated rings. The Kier molecular flexibility index (Phi) is 10.9. The van der Waals surface area contributed by atoms with Gasteiger partial charge in [0.25, 0.3) is 18.8 Å². The van der Waals surface area contributed by atoms with Crippen LogP contribution in [-0.2, 0) is 9.53 Å². The Balaban J connectivity index is 0.00000101. The van der Waals surface area contributed by atoms with E-state index in [1.54, 1.807) is 0 Å². The Morgan fingerprint density at radius 2 is 1.72 bits per heavy atom. The van der Waals surface area contributed by atoms with Crippen LogP contribution >= 0.6 is 11.6 Å². The predicted molar refractivity (Wildman–Crippen MR) is 180 cm³/mol. The van der Waals surface area contributed by atoms with Crippen molar-refractivity contribution in [1.82, 2.24) is 30.0 Å². The van der Waals surface area contributed by atoms with Gasteiger partial charge in [0.05, 0.1) is 22.3 Å². The molecule has 2 aromatic heterocycles. The summed E-state index contributed by atoms with van der Waals surface area (Å²) in [6.45, 7) is 7.99. The van der Waals surface area contributed by atoms with Gasteiger partial charge in [-0.2, -0.15) is 18.3 Å². The van der Waals surface area contributed by atoms with E-state index in [-0.39, 0.29) is 40.6 Å². The Morgan fingerprint density at radius 1 is 1.04 bits per heavy atom. The second-order valence-electron chi connectivity index (χ2n) is 13.9. The van der Waals surface area contributed by atoms with Crippen LogP contribution in [0.15, 0.2) is 59.9 Å². The van der Waals surface area contributed by atoms with Crippen LogP contribution in [0.4, 0.5) is 35.5 Å². The van der Waals surface area contributed by atoms with Gasteiger partial charge in [-0.05, 0) is 59.7 Å². The summed E-state index contributed by atoms with van der Waals surface area (Å²) in [5.74, 6) is -1.88. The number of amides is 2. The maximum atomic E-state index is 13.9. The number of hydrogen-bond acceptors (Lipinski definition) is 8. The highest BCUT2D eigenvalue weighted by atomic mass is 35.5. The Bertz CT molecular complexity index is 2020. The van der Waals surface area contributed by atoms with Crippen molar-refractivity contribution in [1.29, 1.82) is 0 Å². The molecule has 0 bridgehead atoms. The highest BCUT2D eigenvalue weighted by Crippen LogP contribution is 2.49. The van der Waals surface area contributed by atoms with Gasteiger partial charge >= 0.3 is 12.3 Å². The molecular weight excluding hydrogens is 737 g/mol. The minimum Gasteiger partial charge on any atom is -0.447 e. The number of benzene rings is 2. The second-order valence-corrected chi connectivity index (χ2v) is 14.4. The number of alkyl carbamates (subject to hydrolysis) is 1. The van der Waals surface area contributed by atoms with E-state index in [1.807, 2.05) is 5.32 Å². The fraction of sp³-hybridized carbons (Fsp3) is 0.412. The van der Waals surface area contributed by atoms with Crippen molar-refractivity contribution in [3.8, 4) is 5.69 Å². The number of nitrogens with one attached hydrogen (secondary N) is 1. The molecule has 11 nitrogen and oxygen atoms in total. The number of alkyl halides is 7. The Hall–Kier alpha value is -5.00. The number of nitrogens with two attached hydrogens (primary N) is 1. The van der Waals surface area contributed by atoms with E-state index < -0.39 is 66.8 Å². The van der Waals surface area contributed by atoms with Gasteiger partial charge in [0.1, 0.15) is 24.2 Å². The third-order valence-electron chi connectivity index (χ3n) is 7.92. The number of fused-ring (bicyclic) bond motifs is 1. The van der Waals surface area contributed by atoms with Crippen LogP contribution in [-0.4, -0.2) is 60.9 Å². The average molecular weight is 771 g/mol. The summed E-state index contributed by atoms with van der Waals surface area (Å²) >= 11 is 6.30. The number of hydrogen-bond donors (Lipinski definition) is 2. The molecule has 284 valence electrons. The van der Waals surface area contributed by atoms with Crippen molar-refractivity contribution in [3.05, 3.63) is 82.5 Å². The van der Waals surface area contributed by atoms with E-state index in [0.717, 1.165) is 22.0 Å². The van der Waals surface area contributed by atoms with Crippen molar-refractivity contribution in [3.63, 3.8) is 0 Å². The number of aliphatic imine (C=N–C) groups is 1. The zero-order valence-corrected chi connectivity index (χ0v) is 29.4. The number of rotatable bonds is 9. The van der Waals surface area contributed by atoms with Crippen molar-refractivity contribution in [2.45, 2.75) is 77.2 Å². The molecule has 2 aromatic carbocycles. The fourth-order valence-corrected chi connectivity index (χ4v) is 5.47. The van der Waals surface area contributed by atoms with Crippen molar-refractivity contribution in [2.75, 3.05) is 6.61 Å².